The molecule has 0 N–H and O–H groups in total. The van der Waals surface area contributed by atoms with Gasteiger partial charge in [0, 0.05) is 12.6 Å². The SMILES string of the molecule is CC(=O)C1=C(c2ccccc2)N(C)C(=O)C1. The highest BCUT2D eigenvalue weighted by Gasteiger charge is 2.29. The van der Waals surface area contributed by atoms with E-state index in [4.69, 9.17) is 0 Å². The molecule has 1 heterocycles. The number of rotatable bonds is 2. The second-order valence-electron chi connectivity index (χ2n) is 3.88. The highest BCUT2D eigenvalue weighted by molar-refractivity contribution is 6.11. The average Bonchev–Trinajstić information content (AvgIpc) is 2.57. The van der Waals surface area contributed by atoms with Gasteiger partial charge in [0.25, 0.3) is 0 Å². The molecule has 0 saturated carbocycles. The fraction of sp³-hybridized carbons (Fsp3) is 0.231. The van der Waals surface area contributed by atoms with Crippen LogP contribution in [0.4, 0.5) is 0 Å². The Hall–Kier alpha value is -1.90. The molecule has 16 heavy (non-hydrogen) atoms. The molecule has 0 fully saturated rings. The van der Waals surface area contributed by atoms with Crippen molar-refractivity contribution in [1.29, 1.82) is 0 Å². The Morgan fingerprint density at radius 2 is 1.88 bits per heavy atom. The Kier molecular flexibility index (Phi) is 2.60. The molecule has 1 aromatic rings. The molecule has 0 unspecified atom stereocenters. The van der Waals surface area contributed by atoms with Crippen LogP contribution in [0.15, 0.2) is 35.9 Å². The molecular weight excluding hydrogens is 202 g/mol. The van der Waals surface area contributed by atoms with Gasteiger partial charge in [-0.3, -0.25) is 9.59 Å². The van der Waals surface area contributed by atoms with E-state index < -0.39 is 0 Å². The molecule has 1 aliphatic heterocycles. The molecule has 0 radical (unpaired) electrons. The molecule has 3 heteroatoms. The maximum Gasteiger partial charge on any atom is 0.231 e. The second-order valence-corrected chi connectivity index (χ2v) is 3.88. The number of nitrogens with zero attached hydrogens (tertiary/aromatic N) is 1. The summed E-state index contributed by atoms with van der Waals surface area (Å²) in [7, 11) is 1.71. The van der Waals surface area contributed by atoms with Crippen LogP contribution >= 0.6 is 0 Å². The summed E-state index contributed by atoms with van der Waals surface area (Å²) in [5.41, 5.74) is 2.28. The maximum absolute atomic E-state index is 11.6. The van der Waals surface area contributed by atoms with Gasteiger partial charge < -0.3 is 4.90 Å². The Labute approximate surface area is 94.4 Å². The Balaban J connectivity index is 2.54. The van der Waals surface area contributed by atoms with Crippen molar-refractivity contribution in [3.63, 3.8) is 0 Å². The van der Waals surface area contributed by atoms with Gasteiger partial charge in [-0.2, -0.15) is 0 Å². The monoisotopic (exact) mass is 215 g/mol. The number of carbonyl (C=O) groups excluding carboxylic acids is 2. The fourth-order valence-corrected chi connectivity index (χ4v) is 1.94. The molecule has 82 valence electrons. The first-order chi connectivity index (χ1) is 7.61. The molecule has 1 aliphatic rings. The number of benzene rings is 1. The van der Waals surface area contributed by atoms with Crippen molar-refractivity contribution in [2.45, 2.75) is 13.3 Å². The van der Waals surface area contributed by atoms with Crippen LogP contribution in [0.25, 0.3) is 5.70 Å². The molecule has 1 amide bonds. The molecule has 0 saturated heterocycles. The summed E-state index contributed by atoms with van der Waals surface area (Å²) >= 11 is 0. The standard InChI is InChI=1S/C13H13NO2/c1-9(15)11-8-12(16)14(2)13(11)10-6-4-3-5-7-10/h3-7H,8H2,1-2H3. The van der Waals surface area contributed by atoms with E-state index in [9.17, 15) is 9.59 Å². The Bertz CT molecular complexity index is 474. The second kappa shape index (κ2) is 3.93. The van der Waals surface area contributed by atoms with Gasteiger partial charge in [0.2, 0.25) is 5.91 Å². The van der Waals surface area contributed by atoms with Gasteiger partial charge in [0.15, 0.2) is 5.78 Å². The number of carbonyl (C=O) groups is 2. The highest BCUT2D eigenvalue weighted by Crippen LogP contribution is 2.31. The first-order valence-corrected chi connectivity index (χ1v) is 5.17. The number of amides is 1. The third kappa shape index (κ3) is 1.65. The van der Waals surface area contributed by atoms with Crippen LogP contribution < -0.4 is 0 Å². The van der Waals surface area contributed by atoms with Crippen molar-refractivity contribution in [3.8, 4) is 0 Å². The van der Waals surface area contributed by atoms with Crippen molar-refractivity contribution < 1.29 is 9.59 Å². The van der Waals surface area contributed by atoms with Crippen LogP contribution in [0, 0.1) is 0 Å². The third-order valence-electron chi connectivity index (χ3n) is 2.80. The van der Waals surface area contributed by atoms with E-state index in [1.165, 1.54) is 6.92 Å². The molecule has 3 nitrogen and oxygen atoms in total. The quantitative estimate of drug-likeness (QED) is 0.755. The van der Waals surface area contributed by atoms with Crippen molar-refractivity contribution in [2.75, 3.05) is 7.05 Å². The predicted molar refractivity (Wildman–Crippen MR) is 61.4 cm³/mol. The van der Waals surface area contributed by atoms with Crippen LogP contribution in [0.3, 0.4) is 0 Å². The molecule has 0 aromatic heterocycles. The van der Waals surface area contributed by atoms with Crippen molar-refractivity contribution in [1.82, 2.24) is 4.90 Å². The highest BCUT2D eigenvalue weighted by atomic mass is 16.2. The van der Waals surface area contributed by atoms with Gasteiger partial charge in [0.05, 0.1) is 12.1 Å². The van der Waals surface area contributed by atoms with E-state index in [1.54, 1.807) is 11.9 Å². The van der Waals surface area contributed by atoms with E-state index in [-0.39, 0.29) is 18.1 Å². The summed E-state index contributed by atoms with van der Waals surface area (Å²) in [4.78, 5) is 24.7. The largest absolute Gasteiger partial charge is 0.314 e. The molecule has 1 aromatic carbocycles. The minimum atomic E-state index is -0.0310. The smallest absolute Gasteiger partial charge is 0.231 e. The van der Waals surface area contributed by atoms with Crippen LogP contribution in [-0.4, -0.2) is 23.6 Å². The normalized spacial score (nSPS) is 15.9. The lowest BCUT2D eigenvalue weighted by molar-refractivity contribution is -0.125. The zero-order valence-electron chi connectivity index (χ0n) is 9.36. The van der Waals surface area contributed by atoms with E-state index in [0.29, 0.717) is 5.57 Å². The zero-order valence-corrected chi connectivity index (χ0v) is 9.36. The lowest BCUT2D eigenvalue weighted by Crippen LogP contribution is -2.18. The summed E-state index contributed by atoms with van der Waals surface area (Å²) in [6.07, 6.45) is 0.218. The van der Waals surface area contributed by atoms with Crippen LogP contribution in [0.5, 0.6) is 0 Å². The van der Waals surface area contributed by atoms with E-state index in [2.05, 4.69) is 0 Å². The minimum absolute atomic E-state index is 0.0240. The van der Waals surface area contributed by atoms with Crippen molar-refractivity contribution >= 4 is 17.4 Å². The molecule has 0 spiro atoms. The lowest BCUT2D eigenvalue weighted by atomic mass is 10.0. The van der Waals surface area contributed by atoms with E-state index in [0.717, 1.165) is 11.3 Å². The first kappa shape index (κ1) is 10.6. The zero-order chi connectivity index (χ0) is 11.7. The predicted octanol–water partition coefficient (Wildman–Crippen LogP) is 1.85. The number of Topliss-reactive ketones (excluding diaryl/α,β-unsaturated/α-hetero) is 1. The van der Waals surface area contributed by atoms with Gasteiger partial charge >= 0.3 is 0 Å². The van der Waals surface area contributed by atoms with Gasteiger partial charge in [-0.15, -0.1) is 0 Å². The minimum Gasteiger partial charge on any atom is -0.314 e. The molecule has 0 bridgehead atoms. The van der Waals surface area contributed by atoms with Crippen molar-refractivity contribution in [2.24, 2.45) is 0 Å². The average molecular weight is 215 g/mol. The van der Waals surface area contributed by atoms with Crippen LogP contribution in [0.1, 0.15) is 18.9 Å². The molecule has 2 rings (SSSR count). The first-order valence-electron chi connectivity index (χ1n) is 5.17. The molecular formula is C13H13NO2. The molecule has 0 atom stereocenters. The summed E-state index contributed by atoms with van der Waals surface area (Å²) in [5, 5.41) is 0. The van der Waals surface area contributed by atoms with Gasteiger partial charge in [-0.05, 0) is 12.5 Å². The fourth-order valence-electron chi connectivity index (χ4n) is 1.94. The molecule has 0 aliphatic carbocycles. The van der Waals surface area contributed by atoms with Crippen LogP contribution in [0.2, 0.25) is 0 Å². The third-order valence-corrected chi connectivity index (χ3v) is 2.80. The summed E-state index contributed by atoms with van der Waals surface area (Å²) < 4.78 is 0. The Morgan fingerprint density at radius 1 is 1.25 bits per heavy atom. The van der Waals surface area contributed by atoms with E-state index >= 15 is 0 Å². The number of hydrogen-bond acceptors (Lipinski definition) is 2. The lowest BCUT2D eigenvalue weighted by Gasteiger charge is -2.14. The van der Waals surface area contributed by atoms with Gasteiger partial charge in [-0.25, -0.2) is 0 Å². The summed E-state index contributed by atoms with van der Waals surface area (Å²) in [5.74, 6) is -0.0550. The number of ketones is 1. The van der Waals surface area contributed by atoms with E-state index in [1.807, 2.05) is 30.3 Å². The summed E-state index contributed by atoms with van der Waals surface area (Å²) in [6.45, 7) is 1.50. The Morgan fingerprint density at radius 3 is 2.44 bits per heavy atom. The number of hydrogen-bond donors (Lipinski definition) is 0. The van der Waals surface area contributed by atoms with Crippen LogP contribution in [-0.2, 0) is 9.59 Å². The van der Waals surface area contributed by atoms with Gasteiger partial charge in [0.1, 0.15) is 0 Å². The van der Waals surface area contributed by atoms with Crippen molar-refractivity contribution in [3.05, 3.63) is 41.5 Å². The maximum atomic E-state index is 11.6. The van der Waals surface area contributed by atoms with Gasteiger partial charge in [-0.1, -0.05) is 30.3 Å². The summed E-state index contributed by atoms with van der Waals surface area (Å²) in [6, 6.07) is 9.53. The topological polar surface area (TPSA) is 37.4 Å².